The number of hydrogen-bond donors (Lipinski definition) is 1. The largest absolute Gasteiger partial charge is 0.479 e. The van der Waals surface area contributed by atoms with Gasteiger partial charge in [0.2, 0.25) is 0 Å². The van der Waals surface area contributed by atoms with E-state index in [9.17, 15) is 14.7 Å². The zero-order valence-corrected chi connectivity index (χ0v) is 18.2. The molecule has 1 N–H and O–H groups in total. The molecule has 1 aromatic rings. The normalized spacial score (nSPS) is 11.8. The van der Waals surface area contributed by atoms with E-state index in [4.69, 9.17) is 9.47 Å². The van der Waals surface area contributed by atoms with Gasteiger partial charge in [-0.15, -0.1) is 0 Å². The second-order valence-corrected chi connectivity index (χ2v) is 7.58. The van der Waals surface area contributed by atoms with Crippen LogP contribution in [0.25, 0.3) is 0 Å². The lowest BCUT2D eigenvalue weighted by molar-refractivity contribution is -0.145. The van der Waals surface area contributed by atoms with Gasteiger partial charge in [0.05, 0.1) is 12.2 Å². The van der Waals surface area contributed by atoms with Crippen LogP contribution in [-0.2, 0) is 9.53 Å². The molecule has 164 valence electrons. The summed E-state index contributed by atoms with van der Waals surface area (Å²) in [5.74, 6) is -0.849. The van der Waals surface area contributed by atoms with Gasteiger partial charge in [0, 0.05) is 0 Å². The van der Waals surface area contributed by atoms with Crippen molar-refractivity contribution in [2.24, 2.45) is 0 Å². The number of rotatable bonds is 17. The molecule has 1 rings (SSSR count). The Morgan fingerprint density at radius 1 is 0.828 bits per heavy atom. The van der Waals surface area contributed by atoms with Crippen molar-refractivity contribution in [1.29, 1.82) is 0 Å². The fraction of sp³-hybridized carbons (Fsp3) is 0.667. The molecule has 29 heavy (non-hydrogen) atoms. The van der Waals surface area contributed by atoms with E-state index < -0.39 is 12.1 Å². The summed E-state index contributed by atoms with van der Waals surface area (Å²) in [4.78, 5) is 23.5. The van der Waals surface area contributed by atoms with Gasteiger partial charge in [-0.1, -0.05) is 71.6 Å². The quantitative estimate of drug-likeness (QED) is 0.239. The zero-order valence-electron chi connectivity index (χ0n) is 18.2. The van der Waals surface area contributed by atoms with Gasteiger partial charge in [-0.05, 0) is 43.5 Å². The first-order chi connectivity index (χ1) is 14.1. The average molecular weight is 407 g/mol. The molecule has 0 fully saturated rings. The molecule has 0 heterocycles. The Labute approximate surface area is 175 Å². The van der Waals surface area contributed by atoms with Crippen LogP contribution in [0.2, 0.25) is 0 Å². The molecule has 0 saturated heterocycles. The second-order valence-electron chi connectivity index (χ2n) is 7.58. The molecule has 0 amide bonds. The minimum absolute atomic E-state index is 0.353. The van der Waals surface area contributed by atoms with Crippen LogP contribution in [0.15, 0.2) is 24.3 Å². The van der Waals surface area contributed by atoms with Crippen molar-refractivity contribution in [1.82, 2.24) is 0 Å². The summed E-state index contributed by atoms with van der Waals surface area (Å²) >= 11 is 0. The summed E-state index contributed by atoms with van der Waals surface area (Å²) in [7, 11) is 0. The summed E-state index contributed by atoms with van der Waals surface area (Å²) < 4.78 is 10.9. The van der Waals surface area contributed by atoms with Gasteiger partial charge in [-0.2, -0.15) is 0 Å². The Morgan fingerprint density at radius 3 is 1.97 bits per heavy atom. The van der Waals surface area contributed by atoms with E-state index >= 15 is 0 Å². The number of benzene rings is 1. The molecule has 5 heteroatoms. The molecule has 0 aliphatic heterocycles. The van der Waals surface area contributed by atoms with E-state index in [0.29, 0.717) is 24.3 Å². The van der Waals surface area contributed by atoms with Crippen LogP contribution in [-0.4, -0.2) is 29.8 Å². The average Bonchev–Trinajstić information content (AvgIpc) is 2.72. The number of unbranched alkanes of at least 4 members (excludes halogenated alkanes) is 9. The van der Waals surface area contributed by atoms with Crippen LogP contribution in [0.1, 0.15) is 101 Å². The first-order valence-corrected chi connectivity index (χ1v) is 11.2. The van der Waals surface area contributed by atoms with Gasteiger partial charge >= 0.3 is 11.9 Å². The predicted molar refractivity (Wildman–Crippen MR) is 116 cm³/mol. The summed E-state index contributed by atoms with van der Waals surface area (Å²) in [6.45, 7) is 4.77. The third-order valence-electron chi connectivity index (χ3n) is 4.94. The minimum Gasteiger partial charge on any atom is -0.479 e. The Morgan fingerprint density at radius 2 is 1.38 bits per heavy atom. The molecule has 0 bridgehead atoms. The summed E-state index contributed by atoms with van der Waals surface area (Å²) in [6.07, 6.45) is 11.8. The molecule has 0 aliphatic rings. The second kappa shape index (κ2) is 15.8. The molecule has 5 nitrogen and oxygen atoms in total. The van der Waals surface area contributed by atoms with Crippen LogP contribution in [0.5, 0.6) is 5.75 Å². The number of carboxylic acid groups (broad SMARTS) is 1. The summed E-state index contributed by atoms with van der Waals surface area (Å²) in [5.41, 5.74) is 0.453. The number of ether oxygens (including phenoxy) is 2. The predicted octanol–water partition coefficient (Wildman–Crippen LogP) is 6.40. The zero-order chi connectivity index (χ0) is 21.3. The number of carboxylic acids is 1. The third kappa shape index (κ3) is 11.5. The molecule has 1 atom stereocenters. The molecule has 0 aromatic heterocycles. The van der Waals surface area contributed by atoms with Gasteiger partial charge in [-0.3, -0.25) is 0 Å². The minimum atomic E-state index is -0.954. The van der Waals surface area contributed by atoms with Gasteiger partial charge < -0.3 is 14.6 Å². The maximum atomic E-state index is 12.1. The van der Waals surface area contributed by atoms with Crippen molar-refractivity contribution in [2.45, 2.75) is 97.0 Å². The van der Waals surface area contributed by atoms with E-state index in [1.165, 1.54) is 38.5 Å². The first-order valence-electron chi connectivity index (χ1n) is 11.2. The molecule has 0 aliphatic carbocycles. The highest BCUT2D eigenvalue weighted by Crippen LogP contribution is 2.18. The van der Waals surface area contributed by atoms with E-state index in [-0.39, 0.29) is 5.97 Å². The maximum Gasteiger partial charge on any atom is 0.344 e. The highest BCUT2D eigenvalue weighted by atomic mass is 16.5. The van der Waals surface area contributed by atoms with E-state index in [0.717, 1.165) is 32.1 Å². The van der Waals surface area contributed by atoms with Crippen molar-refractivity contribution in [3.8, 4) is 5.75 Å². The molecule has 0 saturated carbocycles. The highest BCUT2D eigenvalue weighted by molar-refractivity contribution is 5.89. The fourth-order valence-corrected chi connectivity index (χ4v) is 3.13. The van der Waals surface area contributed by atoms with Gasteiger partial charge in [0.15, 0.2) is 6.10 Å². The van der Waals surface area contributed by atoms with Crippen molar-refractivity contribution in [3.63, 3.8) is 0 Å². The smallest absolute Gasteiger partial charge is 0.344 e. The van der Waals surface area contributed by atoms with Crippen molar-refractivity contribution in [2.75, 3.05) is 6.61 Å². The van der Waals surface area contributed by atoms with Crippen LogP contribution >= 0.6 is 0 Å². The molecule has 1 aromatic carbocycles. The Hall–Kier alpha value is -2.04. The monoisotopic (exact) mass is 406 g/mol. The van der Waals surface area contributed by atoms with Gasteiger partial charge in [0.1, 0.15) is 5.75 Å². The molecular formula is C24H38O5. The number of carbonyl (C=O) groups is 2. The van der Waals surface area contributed by atoms with E-state index in [1.54, 1.807) is 24.3 Å². The Bertz CT molecular complexity index is 567. The Kier molecular flexibility index (Phi) is 13.6. The lowest BCUT2D eigenvalue weighted by atomic mass is 10.1. The van der Waals surface area contributed by atoms with Gasteiger partial charge in [-0.25, -0.2) is 9.59 Å². The van der Waals surface area contributed by atoms with Gasteiger partial charge in [0.25, 0.3) is 0 Å². The van der Waals surface area contributed by atoms with Crippen molar-refractivity contribution in [3.05, 3.63) is 29.8 Å². The number of aliphatic carboxylic acids is 1. The summed E-state index contributed by atoms with van der Waals surface area (Å²) in [5, 5.41) is 9.39. The first kappa shape index (κ1) is 25.0. The number of hydrogen-bond acceptors (Lipinski definition) is 4. The van der Waals surface area contributed by atoms with Crippen LogP contribution < -0.4 is 4.74 Å². The van der Waals surface area contributed by atoms with Crippen LogP contribution in [0.4, 0.5) is 0 Å². The van der Waals surface area contributed by atoms with E-state index in [2.05, 4.69) is 13.8 Å². The SMILES string of the molecule is CCCCCCCCC(Oc1ccc(C(=O)OCCCCCCC)cc1)C(=O)O. The third-order valence-corrected chi connectivity index (χ3v) is 4.94. The lowest BCUT2D eigenvalue weighted by Crippen LogP contribution is -2.26. The Balaban J connectivity index is 2.37. The molecule has 0 radical (unpaired) electrons. The topological polar surface area (TPSA) is 72.8 Å². The lowest BCUT2D eigenvalue weighted by Gasteiger charge is -2.15. The number of esters is 1. The molecule has 1 unspecified atom stereocenters. The summed E-state index contributed by atoms with van der Waals surface area (Å²) in [6, 6.07) is 6.51. The van der Waals surface area contributed by atoms with Crippen molar-refractivity contribution >= 4 is 11.9 Å². The van der Waals surface area contributed by atoms with Crippen LogP contribution in [0.3, 0.4) is 0 Å². The number of carbonyl (C=O) groups excluding carboxylic acids is 1. The van der Waals surface area contributed by atoms with Crippen molar-refractivity contribution < 1.29 is 24.2 Å². The fourth-order valence-electron chi connectivity index (χ4n) is 3.13. The van der Waals surface area contributed by atoms with Crippen LogP contribution in [0, 0.1) is 0 Å². The standard InChI is InChI=1S/C24H38O5/c1-3-5-7-9-10-12-14-22(23(25)26)29-21-17-15-20(16-18-21)24(27)28-19-13-11-8-6-4-2/h15-18,22H,3-14,19H2,1-2H3,(H,25,26). The molecule has 0 spiro atoms. The van der Waals surface area contributed by atoms with E-state index in [1.807, 2.05) is 0 Å². The maximum absolute atomic E-state index is 12.1. The highest BCUT2D eigenvalue weighted by Gasteiger charge is 2.19. The molecular weight excluding hydrogens is 368 g/mol.